The van der Waals surface area contributed by atoms with Crippen molar-refractivity contribution in [3.63, 3.8) is 0 Å². The van der Waals surface area contributed by atoms with Crippen molar-refractivity contribution in [1.82, 2.24) is 4.98 Å². The molecule has 6 heteroatoms. The second-order valence-corrected chi connectivity index (χ2v) is 4.95. The van der Waals surface area contributed by atoms with Crippen LogP contribution in [0, 0.1) is 6.92 Å². The number of hydrogen-bond donors (Lipinski definition) is 1. The van der Waals surface area contributed by atoms with Gasteiger partial charge in [0.2, 0.25) is 0 Å². The van der Waals surface area contributed by atoms with E-state index in [0.29, 0.717) is 6.54 Å². The molecule has 2 rings (SSSR count). The standard InChI is InChI=1S/C9H10N2S2.2ClH/c1-6-11-8(5-12-6)9-3-2-7(4-10)13-9;;/h2-3,5H,4,10H2,1H3;2*1H. The van der Waals surface area contributed by atoms with E-state index in [1.54, 1.807) is 22.7 Å². The summed E-state index contributed by atoms with van der Waals surface area (Å²) >= 11 is 3.40. The van der Waals surface area contributed by atoms with E-state index in [1.165, 1.54) is 9.75 Å². The van der Waals surface area contributed by atoms with Crippen molar-refractivity contribution in [3.8, 4) is 10.6 Å². The third-order valence-corrected chi connectivity index (χ3v) is 3.64. The topological polar surface area (TPSA) is 38.9 Å². The highest BCUT2D eigenvalue weighted by Gasteiger charge is 2.04. The van der Waals surface area contributed by atoms with Crippen molar-refractivity contribution in [2.75, 3.05) is 0 Å². The number of aromatic nitrogens is 1. The van der Waals surface area contributed by atoms with Crippen LogP contribution in [0.25, 0.3) is 10.6 Å². The van der Waals surface area contributed by atoms with Gasteiger partial charge < -0.3 is 5.73 Å². The minimum absolute atomic E-state index is 0. The van der Waals surface area contributed by atoms with Gasteiger partial charge in [-0.05, 0) is 19.1 Å². The molecule has 2 aromatic rings. The Morgan fingerprint density at radius 2 is 2.07 bits per heavy atom. The van der Waals surface area contributed by atoms with Crippen molar-refractivity contribution in [2.24, 2.45) is 5.73 Å². The van der Waals surface area contributed by atoms with Gasteiger partial charge in [-0.2, -0.15) is 0 Å². The van der Waals surface area contributed by atoms with Gasteiger partial charge in [-0.25, -0.2) is 4.98 Å². The minimum atomic E-state index is 0. The minimum Gasteiger partial charge on any atom is -0.326 e. The zero-order valence-corrected chi connectivity index (χ0v) is 11.4. The molecule has 0 unspecified atom stereocenters. The zero-order chi connectivity index (χ0) is 9.26. The Morgan fingerprint density at radius 1 is 1.33 bits per heavy atom. The molecule has 0 spiro atoms. The Kier molecular flexibility index (Phi) is 6.40. The maximum Gasteiger partial charge on any atom is 0.0914 e. The normalized spacial score (nSPS) is 9.20. The molecular formula is C9H12Cl2N2S2. The van der Waals surface area contributed by atoms with Crippen LogP contribution in [0.1, 0.15) is 9.88 Å². The van der Waals surface area contributed by atoms with Crippen molar-refractivity contribution >= 4 is 47.5 Å². The van der Waals surface area contributed by atoms with Gasteiger partial charge in [-0.1, -0.05) is 0 Å². The third kappa shape index (κ3) is 3.43. The maximum atomic E-state index is 5.54. The SMILES string of the molecule is Cc1nc(-c2ccc(CN)s2)cs1.Cl.Cl. The molecular weight excluding hydrogens is 271 g/mol. The molecule has 2 N–H and O–H groups in total. The van der Waals surface area contributed by atoms with Gasteiger partial charge in [0, 0.05) is 16.8 Å². The number of halogens is 2. The fourth-order valence-corrected chi connectivity index (χ4v) is 2.64. The molecule has 0 aromatic carbocycles. The lowest BCUT2D eigenvalue weighted by Gasteiger charge is -1.87. The van der Waals surface area contributed by atoms with E-state index >= 15 is 0 Å². The second kappa shape index (κ2) is 6.45. The summed E-state index contributed by atoms with van der Waals surface area (Å²) in [5.74, 6) is 0. The fourth-order valence-electron chi connectivity index (χ4n) is 1.10. The van der Waals surface area contributed by atoms with E-state index in [-0.39, 0.29) is 24.8 Å². The predicted octanol–water partition coefficient (Wildman–Crippen LogP) is 3.48. The van der Waals surface area contributed by atoms with Crippen molar-refractivity contribution in [1.29, 1.82) is 0 Å². The lowest BCUT2D eigenvalue weighted by Crippen LogP contribution is -1.90. The first-order valence-corrected chi connectivity index (χ1v) is 5.70. The first kappa shape index (κ1) is 14.9. The van der Waals surface area contributed by atoms with Gasteiger partial charge in [-0.3, -0.25) is 0 Å². The number of aryl methyl sites for hydroxylation is 1. The lowest BCUT2D eigenvalue weighted by atomic mass is 10.4. The number of nitrogens with zero attached hydrogens (tertiary/aromatic N) is 1. The smallest absolute Gasteiger partial charge is 0.0914 e. The molecule has 0 atom stereocenters. The van der Waals surface area contributed by atoms with Crippen LogP contribution < -0.4 is 5.73 Å². The predicted molar refractivity (Wildman–Crippen MR) is 72.6 cm³/mol. The van der Waals surface area contributed by atoms with E-state index in [1.807, 2.05) is 6.92 Å². The molecule has 0 saturated heterocycles. The van der Waals surface area contributed by atoms with Crippen LogP contribution >= 0.6 is 47.5 Å². The average Bonchev–Trinajstić information content (AvgIpc) is 2.71. The molecule has 2 heterocycles. The Bertz CT molecular complexity index is 412. The van der Waals surface area contributed by atoms with Crippen LogP contribution in [-0.2, 0) is 6.54 Å². The van der Waals surface area contributed by atoms with Gasteiger partial charge >= 0.3 is 0 Å². The van der Waals surface area contributed by atoms with E-state index in [0.717, 1.165) is 10.7 Å². The summed E-state index contributed by atoms with van der Waals surface area (Å²) < 4.78 is 0. The van der Waals surface area contributed by atoms with Gasteiger partial charge in [-0.15, -0.1) is 47.5 Å². The molecule has 2 aromatic heterocycles. The molecule has 0 saturated carbocycles. The molecule has 0 bridgehead atoms. The van der Waals surface area contributed by atoms with Crippen LogP contribution in [0.3, 0.4) is 0 Å². The summed E-state index contributed by atoms with van der Waals surface area (Å²) in [4.78, 5) is 6.84. The zero-order valence-electron chi connectivity index (χ0n) is 8.10. The summed E-state index contributed by atoms with van der Waals surface area (Å²) in [5, 5.41) is 3.19. The Balaban J connectivity index is 0.000000980. The number of hydrogen-bond acceptors (Lipinski definition) is 4. The number of thiophene rings is 1. The maximum absolute atomic E-state index is 5.54. The van der Waals surface area contributed by atoms with Gasteiger partial charge in [0.1, 0.15) is 0 Å². The monoisotopic (exact) mass is 282 g/mol. The average molecular weight is 283 g/mol. The summed E-state index contributed by atoms with van der Waals surface area (Å²) in [6, 6.07) is 4.15. The molecule has 84 valence electrons. The Morgan fingerprint density at radius 3 is 2.53 bits per heavy atom. The number of nitrogens with two attached hydrogens (primary N) is 1. The molecule has 0 amide bonds. The van der Waals surface area contributed by atoms with Gasteiger partial charge in [0.15, 0.2) is 0 Å². The van der Waals surface area contributed by atoms with E-state index in [2.05, 4.69) is 22.5 Å². The van der Waals surface area contributed by atoms with Crippen molar-refractivity contribution in [2.45, 2.75) is 13.5 Å². The summed E-state index contributed by atoms with van der Waals surface area (Å²) in [7, 11) is 0. The molecule has 0 aliphatic heterocycles. The second-order valence-electron chi connectivity index (χ2n) is 2.72. The van der Waals surface area contributed by atoms with E-state index in [4.69, 9.17) is 5.73 Å². The molecule has 0 aliphatic rings. The highest BCUT2D eigenvalue weighted by Crippen LogP contribution is 2.28. The Hall–Kier alpha value is -0.130. The largest absolute Gasteiger partial charge is 0.326 e. The van der Waals surface area contributed by atoms with Crippen LogP contribution in [0.2, 0.25) is 0 Å². The van der Waals surface area contributed by atoms with Crippen LogP contribution in [0.4, 0.5) is 0 Å². The van der Waals surface area contributed by atoms with E-state index in [9.17, 15) is 0 Å². The van der Waals surface area contributed by atoms with Gasteiger partial charge in [0.25, 0.3) is 0 Å². The van der Waals surface area contributed by atoms with Gasteiger partial charge in [0.05, 0.1) is 15.6 Å². The Labute approximate surface area is 109 Å². The highest BCUT2D eigenvalue weighted by molar-refractivity contribution is 7.16. The highest BCUT2D eigenvalue weighted by atomic mass is 35.5. The molecule has 15 heavy (non-hydrogen) atoms. The summed E-state index contributed by atoms with van der Waals surface area (Å²) in [5.41, 5.74) is 6.62. The van der Waals surface area contributed by atoms with Crippen LogP contribution in [-0.4, -0.2) is 4.98 Å². The van der Waals surface area contributed by atoms with Crippen molar-refractivity contribution in [3.05, 3.63) is 27.4 Å². The lowest BCUT2D eigenvalue weighted by molar-refractivity contribution is 1.11. The van der Waals surface area contributed by atoms with E-state index < -0.39 is 0 Å². The first-order valence-electron chi connectivity index (χ1n) is 4.01. The van der Waals surface area contributed by atoms with Crippen molar-refractivity contribution < 1.29 is 0 Å². The first-order chi connectivity index (χ1) is 6.29. The summed E-state index contributed by atoms with van der Waals surface area (Å²) in [6.45, 7) is 2.64. The van der Waals surface area contributed by atoms with Crippen LogP contribution in [0.15, 0.2) is 17.5 Å². The third-order valence-electron chi connectivity index (χ3n) is 1.73. The fraction of sp³-hybridized carbons (Fsp3) is 0.222. The van der Waals surface area contributed by atoms with Crippen LogP contribution in [0.5, 0.6) is 0 Å². The number of thiazole rings is 1. The summed E-state index contributed by atoms with van der Waals surface area (Å²) in [6.07, 6.45) is 0. The molecule has 0 aliphatic carbocycles. The quantitative estimate of drug-likeness (QED) is 0.916. The number of rotatable bonds is 2. The molecule has 2 nitrogen and oxygen atoms in total. The molecule has 0 radical (unpaired) electrons. The molecule has 0 fully saturated rings.